The van der Waals surface area contributed by atoms with Crippen LogP contribution in [0.15, 0.2) is 41.3 Å². The van der Waals surface area contributed by atoms with Gasteiger partial charge in [-0.25, -0.2) is 21.9 Å². The molecule has 0 radical (unpaired) electrons. The number of nitrogens with zero attached hydrogens (tertiary/aromatic N) is 4. The van der Waals surface area contributed by atoms with Crippen LogP contribution in [0.25, 0.3) is 5.69 Å². The fourth-order valence-corrected chi connectivity index (χ4v) is 3.91. The van der Waals surface area contributed by atoms with Gasteiger partial charge >= 0.3 is 0 Å². The summed E-state index contributed by atoms with van der Waals surface area (Å²) in [4.78, 5) is 12.3. The summed E-state index contributed by atoms with van der Waals surface area (Å²) in [6.07, 6.45) is 0. The van der Waals surface area contributed by atoms with Crippen molar-refractivity contribution < 1.29 is 22.0 Å². The molecule has 158 valence electrons. The van der Waals surface area contributed by atoms with Crippen LogP contribution in [0.4, 0.5) is 14.5 Å². The molecule has 0 saturated carbocycles. The highest BCUT2D eigenvalue weighted by Crippen LogP contribution is 2.21. The number of benzene rings is 2. The number of rotatable bonds is 6. The Morgan fingerprint density at radius 2 is 1.80 bits per heavy atom. The van der Waals surface area contributed by atoms with Gasteiger partial charge in [-0.15, -0.1) is 5.10 Å². The van der Waals surface area contributed by atoms with Crippen LogP contribution in [0.2, 0.25) is 0 Å². The van der Waals surface area contributed by atoms with Crippen molar-refractivity contribution >= 4 is 21.6 Å². The number of aryl methyl sites for hydroxylation is 1. The standard InChI is InChI=1S/C18H18F2N6O3S/c1-10(2)23-30(28,29)13-5-7-15(19)14(9-13)18(27)21-12-4-6-16(20)17(8-12)26-11(3)22-24-25-26/h4-10,23H,1-3H3,(H,21,27). The third-order valence-corrected chi connectivity index (χ3v) is 5.60. The molecule has 12 heteroatoms. The Morgan fingerprint density at radius 3 is 2.43 bits per heavy atom. The van der Waals surface area contributed by atoms with Crippen LogP contribution in [0, 0.1) is 18.6 Å². The van der Waals surface area contributed by atoms with Crippen LogP contribution in [-0.4, -0.2) is 40.6 Å². The van der Waals surface area contributed by atoms with Crippen molar-refractivity contribution in [3.63, 3.8) is 0 Å². The second kappa shape index (κ2) is 8.24. The molecule has 1 amide bonds. The molecule has 0 spiro atoms. The van der Waals surface area contributed by atoms with Crippen molar-refractivity contribution in [1.29, 1.82) is 0 Å². The molecule has 1 aromatic heterocycles. The lowest BCUT2D eigenvalue weighted by Gasteiger charge is -2.12. The topological polar surface area (TPSA) is 119 Å². The lowest BCUT2D eigenvalue weighted by Crippen LogP contribution is -2.30. The third-order valence-electron chi connectivity index (χ3n) is 3.94. The van der Waals surface area contributed by atoms with Gasteiger partial charge in [-0.05, 0) is 67.6 Å². The minimum absolute atomic E-state index is 0.0202. The first-order chi connectivity index (χ1) is 14.1. The quantitative estimate of drug-likeness (QED) is 0.611. The van der Waals surface area contributed by atoms with Crippen LogP contribution in [0.3, 0.4) is 0 Å². The van der Waals surface area contributed by atoms with Gasteiger partial charge in [0.25, 0.3) is 5.91 Å². The molecule has 0 aliphatic rings. The Bertz CT molecular complexity index is 1210. The molecular formula is C18H18F2N6O3S. The van der Waals surface area contributed by atoms with Gasteiger partial charge in [0.1, 0.15) is 17.3 Å². The maximum Gasteiger partial charge on any atom is 0.258 e. The Morgan fingerprint density at radius 1 is 1.10 bits per heavy atom. The summed E-state index contributed by atoms with van der Waals surface area (Å²) in [6, 6.07) is 6.15. The highest BCUT2D eigenvalue weighted by atomic mass is 32.2. The minimum atomic E-state index is -3.92. The second-order valence-electron chi connectivity index (χ2n) is 6.68. The van der Waals surface area contributed by atoms with E-state index in [1.807, 2.05) is 0 Å². The molecule has 30 heavy (non-hydrogen) atoms. The van der Waals surface area contributed by atoms with E-state index in [0.717, 1.165) is 28.9 Å². The number of carbonyl (C=O) groups excluding carboxylic acids is 1. The van der Waals surface area contributed by atoms with Crippen molar-refractivity contribution in [2.75, 3.05) is 5.32 Å². The predicted octanol–water partition coefficient (Wildman–Crippen LogP) is 2.19. The Balaban J connectivity index is 1.92. The maximum absolute atomic E-state index is 14.2. The SMILES string of the molecule is Cc1nnnn1-c1cc(NC(=O)c2cc(S(=O)(=O)NC(C)C)ccc2F)ccc1F. The number of anilines is 1. The monoisotopic (exact) mass is 436 g/mol. The number of aromatic nitrogens is 4. The smallest absolute Gasteiger partial charge is 0.258 e. The first-order valence-corrected chi connectivity index (χ1v) is 10.2. The molecule has 2 N–H and O–H groups in total. The summed E-state index contributed by atoms with van der Waals surface area (Å²) in [5.41, 5.74) is -0.362. The number of hydrogen-bond acceptors (Lipinski definition) is 6. The van der Waals surface area contributed by atoms with Gasteiger partial charge in [-0.3, -0.25) is 4.79 Å². The molecule has 0 aliphatic heterocycles. The molecule has 0 atom stereocenters. The molecular weight excluding hydrogens is 418 g/mol. The molecule has 2 aromatic carbocycles. The van der Waals surface area contributed by atoms with Crippen LogP contribution in [0.5, 0.6) is 0 Å². The first kappa shape index (κ1) is 21.5. The van der Waals surface area contributed by atoms with Crippen molar-refractivity contribution in [2.24, 2.45) is 0 Å². The fourth-order valence-electron chi connectivity index (χ4n) is 2.63. The Hall–Kier alpha value is -3.25. The lowest BCUT2D eigenvalue weighted by atomic mass is 10.2. The number of amides is 1. The fraction of sp³-hybridized carbons (Fsp3) is 0.222. The minimum Gasteiger partial charge on any atom is -0.322 e. The highest BCUT2D eigenvalue weighted by Gasteiger charge is 2.21. The number of hydrogen-bond donors (Lipinski definition) is 2. The van der Waals surface area contributed by atoms with E-state index >= 15 is 0 Å². The van der Waals surface area contributed by atoms with Crippen molar-refractivity contribution in [3.8, 4) is 5.69 Å². The van der Waals surface area contributed by atoms with E-state index in [2.05, 4.69) is 25.6 Å². The molecule has 1 heterocycles. The van der Waals surface area contributed by atoms with E-state index in [4.69, 9.17) is 0 Å². The van der Waals surface area contributed by atoms with E-state index in [-0.39, 0.29) is 22.3 Å². The van der Waals surface area contributed by atoms with E-state index in [1.165, 1.54) is 12.1 Å². The van der Waals surface area contributed by atoms with Crippen molar-refractivity contribution in [1.82, 2.24) is 24.9 Å². The molecule has 9 nitrogen and oxygen atoms in total. The zero-order valence-corrected chi connectivity index (χ0v) is 17.0. The molecule has 0 bridgehead atoms. The summed E-state index contributed by atoms with van der Waals surface area (Å²) >= 11 is 0. The normalized spacial score (nSPS) is 11.7. The van der Waals surface area contributed by atoms with Crippen molar-refractivity contribution in [3.05, 3.63) is 59.4 Å². The summed E-state index contributed by atoms with van der Waals surface area (Å²) in [6.45, 7) is 4.83. The van der Waals surface area contributed by atoms with E-state index < -0.39 is 33.1 Å². The molecule has 0 fully saturated rings. The van der Waals surface area contributed by atoms with E-state index in [1.54, 1.807) is 20.8 Å². The molecule has 3 rings (SSSR count). The number of halogens is 2. The maximum atomic E-state index is 14.2. The average molecular weight is 436 g/mol. The second-order valence-corrected chi connectivity index (χ2v) is 8.39. The number of sulfonamides is 1. The van der Waals surface area contributed by atoms with Gasteiger partial charge in [0.05, 0.1) is 10.5 Å². The average Bonchev–Trinajstić information content (AvgIpc) is 3.08. The van der Waals surface area contributed by atoms with Gasteiger partial charge < -0.3 is 5.32 Å². The van der Waals surface area contributed by atoms with E-state index in [9.17, 15) is 22.0 Å². The van der Waals surface area contributed by atoms with Gasteiger partial charge in [0.2, 0.25) is 10.0 Å². The summed E-state index contributed by atoms with van der Waals surface area (Å²) in [5.74, 6) is -2.13. The van der Waals surface area contributed by atoms with Gasteiger partial charge in [0, 0.05) is 11.7 Å². The molecule has 0 aliphatic carbocycles. The lowest BCUT2D eigenvalue weighted by molar-refractivity contribution is 0.102. The summed E-state index contributed by atoms with van der Waals surface area (Å²) < 4.78 is 56.5. The Kier molecular flexibility index (Phi) is 5.89. The van der Waals surface area contributed by atoms with Crippen LogP contribution in [-0.2, 0) is 10.0 Å². The Labute approximate surface area is 171 Å². The predicted molar refractivity (Wildman–Crippen MR) is 104 cm³/mol. The number of tetrazole rings is 1. The van der Waals surface area contributed by atoms with Crippen LogP contribution >= 0.6 is 0 Å². The summed E-state index contributed by atoms with van der Waals surface area (Å²) in [5, 5.41) is 13.2. The third kappa shape index (κ3) is 4.49. The van der Waals surface area contributed by atoms with Gasteiger partial charge in [0.15, 0.2) is 5.82 Å². The largest absolute Gasteiger partial charge is 0.322 e. The zero-order chi connectivity index (χ0) is 22.1. The highest BCUT2D eigenvalue weighted by molar-refractivity contribution is 7.89. The zero-order valence-electron chi connectivity index (χ0n) is 16.2. The van der Waals surface area contributed by atoms with Crippen molar-refractivity contribution in [2.45, 2.75) is 31.7 Å². The van der Waals surface area contributed by atoms with Crippen LogP contribution < -0.4 is 10.0 Å². The van der Waals surface area contributed by atoms with Gasteiger partial charge in [-0.1, -0.05) is 0 Å². The molecule has 0 saturated heterocycles. The number of carbonyl (C=O) groups is 1. The number of nitrogens with one attached hydrogen (secondary N) is 2. The van der Waals surface area contributed by atoms with Crippen LogP contribution in [0.1, 0.15) is 30.0 Å². The molecule has 0 unspecified atom stereocenters. The summed E-state index contributed by atoms with van der Waals surface area (Å²) in [7, 11) is -3.92. The van der Waals surface area contributed by atoms with Gasteiger partial charge in [-0.2, -0.15) is 4.68 Å². The first-order valence-electron chi connectivity index (χ1n) is 8.76. The molecule has 3 aromatic rings. The van der Waals surface area contributed by atoms with E-state index in [0.29, 0.717) is 5.82 Å².